The Labute approximate surface area is 182 Å². The molecule has 3 aromatic rings. The van der Waals surface area contributed by atoms with Gasteiger partial charge in [0.2, 0.25) is 0 Å². The Hall–Kier alpha value is -3.86. The number of nitrogens with one attached hydrogen (secondary N) is 1. The molecule has 0 radical (unpaired) electrons. The molecule has 1 aliphatic rings. The number of carbonyl (C=O) groups is 2. The minimum Gasteiger partial charge on any atom is -0.494 e. The summed E-state index contributed by atoms with van der Waals surface area (Å²) in [6.45, 7) is 4.57. The molecule has 0 fully saturated rings. The average Bonchev–Trinajstić information content (AvgIpc) is 3.05. The zero-order chi connectivity index (χ0) is 21.8. The van der Waals surface area contributed by atoms with Gasteiger partial charge in [0.05, 0.1) is 17.9 Å². The molecule has 1 heterocycles. The maximum Gasteiger partial charge on any atom is 0.282 e. The van der Waals surface area contributed by atoms with Crippen molar-refractivity contribution in [2.45, 2.75) is 20.3 Å². The molecule has 0 aromatic heterocycles. The van der Waals surface area contributed by atoms with Gasteiger partial charge in [-0.25, -0.2) is 4.90 Å². The molecule has 5 heteroatoms. The number of ether oxygens (including phenoxy) is 1. The Morgan fingerprint density at radius 3 is 2.10 bits per heavy atom. The predicted octanol–water partition coefficient (Wildman–Crippen LogP) is 5.04. The van der Waals surface area contributed by atoms with E-state index in [9.17, 15) is 9.59 Å². The van der Waals surface area contributed by atoms with Gasteiger partial charge >= 0.3 is 0 Å². The highest BCUT2D eigenvalue weighted by atomic mass is 16.5. The highest BCUT2D eigenvalue weighted by Crippen LogP contribution is 2.34. The zero-order valence-corrected chi connectivity index (χ0v) is 17.6. The van der Waals surface area contributed by atoms with E-state index in [0.717, 1.165) is 17.7 Å². The second-order valence-corrected chi connectivity index (χ2v) is 7.16. The van der Waals surface area contributed by atoms with Crippen molar-refractivity contribution in [1.29, 1.82) is 0 Å². The second-order valence-electron chi connectivity index (χ2n) is 7.16. The van der Waals surface area contributed by atoms with Gasteiger partial charge in [0, 0.05) is 5.69 Å². The minimum absolute atomic E-state index is 0.264. The molecule has 3 aromatic carbocycles. The molecule has 1 aliphatic heterocycles. The number of anilines is 2. The number of carbonyl (C=O) groups excluding carboxylic acids is 2. The third kappa shape index (κ3) is 4.08. The maximum absolute atomic E-state index is 13.4. The van der Waals surface area contributed by atoms with E-state index in [0.29, 0.717) is 29.1 Å². The molecular formula is C26H24N2O3. The van der Waals surface area contributed by atoms with Crippen molar-refractivity contribution >= 4 is 28.8 Å². The van der Waals surface area contributed by atoms with E-state index in [1.165, 1.54) is 4.90 Å². The second kappa shape index (κ2) is 8.88. The van der Waals surface area contributed by atoms with Gasteiger partial charge in [-0.1, -0.05) is 49.4 Å². The van der Waals surface area contributed by atoms with Crippen LogP contribution in [0, 0.1) is 0 Å². The van der Waals surface area contributed by atoms with Crippen LogP contribution in [0.5, 0.6) is 5.75 Å². The topological polar surface area (TPSA) is 58.6 Å². The van der Waals surface area contributed by atoms with E-state index in [4.69, 9.17) is 4.74 Å². The van der Waals surface area contributed by atoms with Crippen LogP contribution in [0.25, 0.3) is 5.57 Å². The summed E-state index contributed by atoms with van der Waals surface area (Å²) in [5.74, 6) is 0.0349. The van der Waals surface area contributed by atoms with Crippen LogP contribution in [0.15, 0.2) is 84.6 Å². The Morgan fingerprint density at radius 1 is 0.806 bits per heavy atom. The third-order valence-electron chi connectivity index (χ3n) is 5.18. The Bertz CT molecular complexity index is 1120. The van der Waals surface area contributed by atoms with Gasteiger partial charge in [-0.3, -0.25) is 9.59 Å². The number of rotatable bonds is 7. The first kappa shape index (κ1) is 20.4. The van der Waals surface area contributed by atoms with Crippen LogP contribution in [0.4, 0.5) is 11.4 Å². The van der Waals surface area contributed by atoms with Crippen molar-refractivity contribution in [2.24, 2.45) is 0 Å². The fourth-order valence-corrected chi connectivity index (χ4v) is 3.58. The first-order valence-corrected chi connectivity index (χ1v) is 10.4. The van der Waals surface area contributed by atoms with Crippen LogP contribution in [0.1, 0.15) is 25.0 Å². The first-order valence-electron chi connectivity index (χ1n) is 10.4. The fraction of sp³-hybridized carbons (Fsp3) is 0.154. The fourth-order valence-electron chi connectivity index (χ4n) is 3.58. The summed E-state index contributed by atoms with van der Waals surface area (Å²) < 4.78 is 5.48. The van der Waals surface area contributed by atoms with Crippen molar-refractivity contribution < 1.29 is 14.3 Å². The lowest BCUT2D eigenvalue weighted by atomic mass is 10.0. The number of hydrogen-bond donors (Lipinski definition) is 1. The lowest BCUT2D eigenvalue weighted by Gasteiger charge is -2.16. The zero-order valence-electron chi connectivity index (χ0n) is 17.6. The van der Waals surface area contributed by atoms with Crippen molar-refractivity contribution in [3.63, 3.8) is 0 Å². The number of benzene rings is 3. The van der Waals surface area contributed by atoms with E-state index in [2.05, 4.69) is 12.2 Å². The molecule has 0 saturated heterocycles. The van der Waals surface area contributed by atoms with E-state index >= 15 is 0 Å². The van der Waals surface area contributed by atoms with Crippen LogP contribution in [0.2, 0.25) is 0 Å². The first-order chi connectivity index (χ1) is 15.1. The van der Waals surface area contributed by atoms with Crippen molar-refractivity contribution in [3.05, 3.63) is 95.7 Å². The molecule has 4 rings (SSSR count). The van der Waals surface area contributed by atoms with Gasteiger partial charge in [0.15, 0.2) is 0 Å². The van der Waals surface area contributed by atoms with E-state index in [1.807, 2.05) is 85.8 Å². The number of imide groups is 1. The summed E-state index contributed by atoms with van der Waals surface area (Å²) in [5.41, 5.74) is 3.73. The van der Waals surface area contributed by atoms with Crippen LogP contribution in [-0.4, -0.2) is 18.4 Å². The monoisotopic (exact) mass is 412 g/mol. The van der Waals surface area contributed by atoms with Gasteiger partial charge in [-0.05, 0) is 60.9 Å². The summed E-state index contributed by atoms with van der Waals surface area (Å²) >= 11 is 0. The van der Waals surface area contributed by atoms with Crippen LogP contribution >= 0.6 is 0 Å². The normalized spacial score (nSPS) is 13.7. The van der Waals surface area contributed by atoms with E-state index in [1.54, 1.807) is 0 Å². The standard InChI is InChI=1S/C26H24N2O3/c1-3-18-10-14-21(15-11-18)28-25(29)23(19-8-6-5-7-9-19)24(26(28)30)27-20-12-16-22(17-13-20)31-4-2/h5-17,27H,3-4H2,1-2H3. The minimum atomic E-state index is -0.373. The van der Waals surface area contributed by atoms with Crippen LogP contribution in [0.3, 0.4) is 0 Å². The Morgan fingerprint density at radius 2 is 1.48 bits per heavy atom. The highest BCUT2D eigenvalue weighted by molar-refractivity contribution is 6.46. The number of hydrogen-bond acceptors (Lipinski definition) is 4. The number of aryl methyl sites for hydroxylation is 1. The lowest BCUT2D eigenvalue weighted by molar-refractivity contribution is -0.120. The Kier molecular flexibility index (Phi) is 5.85. The predicted molar refractivity (Wildman–Crippen MR) is 123 cm³/mol. The molecule has 31 heavy (non-hydrogen) atoms. The number of amides is 2. The van der Waals surface area contributed by atoms with Gasteiger partial charge in [0.1, 0.15) is 11.4 Å². The van der Waals surface area contributed by atoms with E-state index < -0.39 is 0 Å². The third-order valence-corrected chi connectivity index (χ3v) is 5.18. The number of nitrogens with zero attached hydrogens (tertiary/aromatic N) is 1. The van der Waals surface area contributed by atoms with E-state index in [-0.39, 0.29) is 17.5 Å². The smallest absolute Gasteiger partial charge is 0.282 e. The molecule has 0 spiro atoms. The largest absolute Gasteiger partial charge is 0.494 e. The summed E-state index contributed by atoms with van der Waals surface area (Å²) in [7, 11) is 0. The van der Waals surface area contributed by atoms with Crippen LogP contribution in [-0.2, 0) is 16.0 Å². The summed E-state index contributed by atoms with van der Waals surface area (Å²) in [5, 5.41) is 3.17. The molecule has 0 bridgehead atoms. The summed E-state index contributed by atoms with van der Waals surface area (Å²) in [4.78, 5) is 28.0. The lowest BCUT2D eigenvalue weighted by Crippen LogP contribution is -2.32. The van der Waals surface area contributed by atoms with Gasteiger partial charge in [-0.2, -0.15) is 0 Å². The van der Waals surface area contributed by atoms with Gasteiger partial charge in [-0.15, -0.1) is 0 Å². The molecule has 0 unspecified atom stereocenters. The maximum atomic E-state index is 13.4. The molecular weight excluding hydrogens is 388 g/mol. The quantitative estimate of drug-likeness (QED) is 0.552. The summed E-state index contributed by atoms with van der Waals surface area (Å²) in [6.07, 6.45) is 0.889. The SMILES string of the molecule is CCOc1ccc(NC2=C(c3ccccc3)C(=O)N(c3ccc(CC)cc3)C2=O)cc1. The molecule has 0 aliphatic carbocycles. The average molecular weight is 412 g/mol. The van der Waals surface area contributed by atoms with Gasteiger partial charge in [0.25, 0.3) is 11.8 Å². The molecule has 0 saturated carbocycles. The van der Waals surface area contributed by atoms with Gasteiger partial charge < -0.3 is 10.1 Å². The van der Waals surface area contributed by atoms with Crippen molar-refractivity contribution in [3.8, 4) is 5.75 Å². The van der Waals surface area contributed by atoms with Crippen LogP contribution < -0.4 is 15.0 Å². The summed E-state index contributed by atoms with van der Waals surface area (Å²) in [6, 6.07) is 24.1. The Balaban J connectivity index is 1.73. The molecule has 5 nitrogen and oxygen atoms in total. The molecule has 0 atom stereocenters. The highest BCUT2D eigenvalue weighted by Gasteiger charge is 2.40. The molecule has 156 valence electrons. The van der Waals surface area contributed by atoms with Crippen molar-refractivity contribution in [1.82, 2.24) is 0 Å². The molecule has 1 N–H and O–H groups in total. The molecule has 2 amide bonds. The van der Waals surface area contributed by atoms with Crippen molar-refractivity contribution in [2.75, 3.05) is 16.8 Å².